The lowest BCUT2D eigenvalue weighted by molar-refractivity contribution is -0.278. The standard InChI is InChI=1S/C33H34N2O14/c1-43-32-21(46-14-36)3-2-18-19-12-44-22-7-17(47-33-29(42)28(41)27(40)23(48-33)13-45-25(39)8-24(37)38)6-16(26(22)30(19)49-31(18)32)10-35-9-15-4-5-34-20(15)11-35/h2-7,11,19,23,27-30,33,36,40-42H,8-10,12-14H2,1H3,(H,37,38)/t19-,23+,27+,28-,29+,30+,33+/m0/s1. The number of ether oxygens (including phenoxy) is 7. The van der Waals surface area contributed by atoms with Gasteiger partial charge in [-0.2, -0.15) is 0 Å². The lowest BCUT2D eigenvalue weighted by Crippen LogP contribution is -2.60. The minimum atomic E-state index is -1.74. The lowest BCUT2D eigenvalue weighted by Gasteiger charge is -2.40. The van der Waals surface area contributed by atoms with Gasteiger partial charge in [-0.25, -0.2) is 0 Å². The first-order valence-corrected chi connectivity index (χ1v) is 15.5. The number of hydrogen-bond acceptors (Lipinski definition) is 15. The molecule has 0 amide bonds. The molecule has 0 unspecified atom stereocenters. The van der Waals surface area contributed by atoms with Crippen LogP contribution in [-0.4, -0.2) is 113 Å². The van der Waals surface area contributed by atoms with Gasteiger partial charge in [0.15, 0.2) is 18.3 Å². The van der Waals surface area contributed by atoms with Gasteiger partial charge < -0.3 is 63.6 Å². The van der Waals surface area contributed by atoms with E-state index in [9.17, 15) is 30.0 Å². The highest BCUT2D eigenvalue weighted by atomic mass is 16.7. The van der Waals surface area contributed by atoms with Gasteiger partial charge in [-0.05, 0) is 23.8 Å². The molecule has 0 bridgehead atoms. The van der Waals surface area contributed by atoms with Crippen molar-refractivity contribution in [2.45, 2.75) is 55.7 Å². The number of benzene rings is 2. The number of nitrogens with zero attached hydrogens (tertiary/aromatic N) is 2. The van der Waals surface area contributed by atoms with E-state index in [-0.39, 0.29) is 18.3 Å². The maximum Gasteiger partial charge on any atom is 0.317 e. The molecule has 5 aliphatic heterocycles. The van der Waals surface area contributed by atoms with Gasteiger partial charge >= 0.3 is 11.9 Å². The Morgan fingerprint density at radius 2 is 1.96 bits per heavy atom. The maximum atomic E-state index is 11.8. The van der Waals surface area contributed by atoms with Crippen LogP contribution in [0.2, 0.25) is 0 Å². The molecule has 0 aliphatic carbocycles. The zero-order valence-electron chi connectivity index (χ0n) is 26.1. The van der Waals surface area contributed by atoms with E-state index in [0.717, 1.165) is 28.0 Å². The van der Waals surface area contributed by atoms with Crippen molar-refractivity contribution in [1.82, 2.24) is 4.90 Å². The van der Waals surface area contributed by atoms with Crippen molar-refractivity contribution in [2.75, 3.05) is 33.7 Å². The fourth-order valence-corrected chi connectivity index (χ4v) is 6.66. The third kappa shape index (κ3) is 6.13. The van der Waals surface area contributed by atoms with Gasteiger partial charge in [0.2, 0.25) is 12.0 Å². The largest absolute Gasteiger partial charge is 0.492 e. The highest BCUT2D eigenvalue weighted by Gasteiger charge is 2.47. The summed E-state index contributed by atoms with van der Waals surface area (Å²) in [6.45, 7) is 0.0998. The average Bonchev–Trinajstić information content (AvgIpc) is 3.77. The number of carbonyl (C=O) groups excluding carboxylic acids is 1. The summed E-state index contributed by atoms with van der Waals surface area (Å²) in [6, 6.07) is 6.91. The van der Waals surface area contributed by atoms with E-state index in [2.05, 4.69) is 9.89 Å². The number of fused-ring (bicyclic) bond motifs is 6. The molecule has 1 fully saturated rings. The number of aliphatic hydroxyl groups excluding tert-OH is 4. The van der Waals surface area contributed by atoms with Crippen molar-refractivity contribution >= 4 is 18.2 Å². The van der Waals surface area contributed by atoms with Gasteiger partial charge in [-0.3, -0.25) is 14.6 Å². The van der Waals surface area contributed by atoms with E-state index in [1.807, 2.05) is 18.3 Å². The van der Waals surface area contributed by atoms with E-state index in [1.54, 1.807) is 24.4 Å². The van der Waals surface area contributed by atoms with Crippen LogP contribution in [0.15, 0.2) is 52.8 Å². The third-order valence-corrected chi connectivity index (χ3v) is 8.94. The molecule has 0 spiro atoms. The van der Waals surface area contributed by atoms with Crippen LogP contribution in [0.5, 0.6) is 28.7 Å². The summed E-state index contributed by atoms with van der Waals surface area (Å²) in [5.74, 6) is -0.872. The lowest BCUT2D eigenvalue weighted by atomic mass is 9.86. The van der Waals surface area contributed by atoms with Crippen LogP contribution in [-0.2, 0) is 25.6 Å². The minimum absolute atomic E-state index is 0.206. The van der Waals surface area contributed by atoms with Crippen molar-refractivity contribution in [1.29, 1.82) is 0 Å². The second-order valence-electron chi connectivity index (χ2n) is 12.0. The van der Waals surface area contributed by atoms with Crippen LogP contribution >= 0.6 is 0 Å². The molecule has 7 rings (SSSR count). The SMILES string of the molecule is COc1c(OCO)ccc2c1O[C@H]1c3c(CN4C=C5N=CC=C5C4)cc(O[C@@H]4O[C@H](COC(=O)CC(=O)O)[C@@H](O)[C@H](O)[C@H]4O)cc3OC[C@@H]21. The Labute approximate surface area is 278 Å². The Hall–Kier alpha value is -4.87. The van der Waals surface area contributed by atoms with Gasteiger partial charge in [0.1, 0.15) is 55.0 Å². The summed E-state index contributed by atoms with van der Waals surface area (Å²) < 4.78 is 40.5. The summed E-state index contributed by atoms with van der Waals surface area (Å²) in [4.78, 5) is 29.1. The molecule has 16 heteroatoms. The normalized spacial score (nSPS) is 27.4. The number of methoxy groups -OCH3 is 1. The van der Waals surface area contributed by atoms with Crippen molar-refractivity contribution in [2.24, 2.45) is 4.99 Å². The molecule has 0 radical (unpaired) electrons. The zero-order valence-corrected chi connectivity index (χ0v) is 26.1. The van der Waals surface area contributed by atoms with Crippen molar-refractivity contribution < 1.29 is 68.3 Å². The van der Waals surface area contributed by atoms with Gasteiger partial charge in [-0.1, -0.05) is 6.07 Å². The van der Waals surface area contributed by atoms with Crippen LogP contribution in [0.4, 0.5) is 0 Å². The number of aliphatic imine (C=N–C) groups is 1. The van der Waals surface area contributed by atoms with E-state index in [0.29, 0.717) is 36.1 Å². The van der Waals surface area contributed by atoms with E-state index in [1.165, 1.54) is 7.11 Å². The van der Waals surface area contributed by atoms with Gasteiger partial charge in [0, 0.05) is 48.3 Å². The average molecular weight is 683 g/mol. The Bertz CT molecular complexity index is 1740. The van der Waals surface area contributed by atoms with Crippen molar-refractivity contribution in [3.8, 4) is 28.7 Å². The Morgan fingerprint density at radius 3 is 2.71 bits per heavy atom. The number of esters is 1. The first-order chi connectivity index (χ1) is 23.6. The zero-order chi connectivity index (χ0) is 34.4. The van der Waals surface area contributed by atoms with Crippen molar-refractivity contribution in [3.63, 3.8) is 0 Å². The molecular weight excluding hydrogens is 648 g/mol. The molecule has 0 aromatic heterocycles. The first-order valence-electron chi connectivity index (χ1n) is 15.5. The molecule has 260 valence electrons. The highest BCUT2D eigenvalue weighted by Crippen LogP contribution is 2.57. The summed E-state index contributed by atoms with van der Waals surface area (Å²) in [5.41, 5.74) is 4.29. The molecule has 2 aromatic carbocycles. The quantitative estimate of drug-likeness (QED) is 0.124. The van der Waals surface area contributed by atoms with Crippen LogP contribution in [0.1, 0.15) is 35.1 Å². The van der Waals surface area contributed by atoms with E-state index < -0.39 is 68.6 Å². The molecule has 0 saturated carbocycles. The molecule has 16 nitrogen and oxygen atoms in total. The first kappa shape index (κ1) is 32.7. The van der Waals surface area contributed by atoms with Gasteiger partial charge in [0.05, 0.1) is 25.3 Å². The van der Waals surface area contributed by atoms with Crippen LogP contribution < -0.4 is 23.7 Å². The number of carboxylic acid groups (broad SMARTS) is 1. The number of allylic oxidation sites excluding steroid dienone is 1. The number of carboxylic acids is 1. The number of hydrogen-bond donors (Lipinski definition) is 5. The predicted octanol–water partition coefficient (Wildman–Crippen LogP) is 0.506. The molecule has 2 aromatic rings. The second-order valence-corrected chi connectivity index (χ2v) is 12.0. The molecular formula is C33H34N2O14. The monoisotopic (exact) mass is 682 g/mol. The fourth-order valence-electron chi connectivity index (χ4n) is 6.66. The maximum absolute atomic E-state index is 11.8. The molecule has 7 atom stereocenters. The Balaban J connectivity index is 1.19. The summed E-state index contributed by atoms with van der Waals surface area (Å²) in [6.07, 6.45) is -3.69. The fraction of sp³-hybridized carbons (Fsp3) is 0.424. The summed E-state index contributed by atoms with van der Waals surface area (Å²) in [5, 5.41) is 50.0. The molecule has 5 aliphatic rings. The highest BCUT2D eigenvalue weighted by molar-refractivity contribution is 5.90. The number of aliphatic carboxylic acids is 1. The molecule has 1 saturated heterocycles. The topological polar surface area (TPSA) is 215 Å². The summed E-state index contributed by atoms with van der Waals surface area (Å²) >= 11 is 0. The predicted molar refractivity (Wildman–Crippen MR) is 164 cm³/mol. The number of carbonyl (C=O) groups is 2. The van der Waals surface area contributed by atoms with Crippen molar-refractivity contribution in [3.05, 3.63) is 64.5 Å². The second kappa shape index (κ2) is 13.2. The molecule has 5 heterocycles. The van der Waals surface area contributed by atoms with Crippen LogP contribution in [0, 0.1) is 0 Å². The van der Waals surface area contributed by atoms with Gasteiger partial charge in [-0.15, -0.1) is 0 Å². The minimum Gasteiger partial charge on any atom is -0.492 e. The summed E-state index contributed by atoms with van der Waals surface area (Å²) in [7, 11) is 1.49. The van der Waals surface area contributed by atoms with E-state index >= 15 is 0 Å². The Kier molecular flexibility index (Phi) is 8.81. The number of aliphatic hydroxyl groups is 4. The van der Waals surface area contributed by atoms with E-state index in [4.69, 9.17) is 38.3 Å². The molecule has 5 N–H and O–H groups in total. The smallest absolute Gasteiger partial charge is 0.317 e. The van der Waals surface area contributed by atoms with Gasteiger partial charge in [0.25, 0.3) is 0 Å². The van der Waals surface area contributed by atoms with Crippen LogP contribution in [0.25, 0.3) is 0 Å². The molecule has 49 heavy (non-hydrogen) atoms. The third-order valence-electron chi connectivity index (χ3n) is 8.94. The Morgan fingerprint density at radius 1 is 1.12 bits per heavy atom. The van der Waals surface area contributed by atoms with Crippen LogP contribution in [0.3, 0.4) is 0 Å². The number of rotatable bonds is 11.